The monoisotopic (exact) mass is 593 g/mol. The number of hydrogen-bond acceptors (Lipinski definition) is 4. The fourth-order valence-electron chi connectivity index (χ4n) is 6.45. The Morgan fingerprint density at radius 3 is 2.25 bits per heavy atom. The minimum absolute atomic E-state index is 0.145. The molecule has 0 saturated carbocycles. The molecule has 1 aliphatic rings. The zero-order chi connectivity index (χ0) is 30.2. The van der Waals surface area contributed by atoms with Gasteiger partial charge in [0.05, 0.1) is 11.0 Å². The lowest BCUT2D eigenvalue weighted by molar-refractivity contribution is -0.422. The number of carbonyl (C=O) groups excluding carboxylic acids is 2. The third kappa shape index (κ3) is 4.44. The van der Waals surface area contributed by atoms with Crippen LogP contribution in [0.1, 0.15) is 30.4 Å². The van der Waals surface area contributed by atoms with Crippen molar-refractivity contribution in [3.63, 3.8) is 0 Å². The molecule has 0 fully saturated rings. The molecule has 0 aliphatic heterocycles. The van der Waals surface area contributed by atoms with Crippen LogP contribution in [0.15, 0.2) is 115 Å². The lowest BCUT2D eigenvalue weighted by Crippen LogP contribution is -2.26. The first-order chi connectivity index (χ1) is 21.6. The van der Waals surface area contributed by atoms with Crippen molar-refractivity contribution in [1.82, 2.24) is 9.66 Å². The molecule has 5 aromatic carbocycles. The van der Waals surface area contributed by atoms with E-state index in [2.05, 4.69) is 47.9 Å². The lowest BCUT2D eigenvalue weighted by Gasteiger charge is -2.20. The second-order valence-electron chi connectivity index (χ2n) is 10.8. The Labute approximate surface area is 260 Å². The van der Waals surface area contributed by atoms with Crippen LogP contribution in [0.25, 0.3) is 55.8 Å². The summed E-state index contributed by atoms with van der Waals surface area (Å²) in [5.41, 5.74) is 12.9. The van der Waals surface area contributed by atoms with Crippen LogP contribution in [0.4, 0.5) is 0 Å². The predicted octanol–water partition coefficient (Wildman–Crippen LogP) is 7.53. The van der Waals surface area contributed by atoms with E-state index >= 15 is 0 Å². The normalized spacial score (nSPS) is 13.3. The average Bonchev–Trinajstić information content (AvgIpc) is 3.60. The quantitative estimate of drug-likeness (QED) is 0.146. The predicted molar refractivity (Wildman–Crippen MR) is 177 cm³/mol. The molecule has 1 N–H and O–H groups in total. The first kappa shape index (κ1) is 27.6. The number of nitrogens with one attached hydrogen (secondary N) is 1. The largest absolute Gasteiger partial charge is 0.412 e. The molecule has 2 amide bonds. The van der Waals surface area contributed by atoms with Gasteiger partial charge < -0.3 is 0 Å². The van der Waals surface area contributed by atoms with Crippen LogP contribution in [0, 0.1) is 0 Å². The van der Waals surface area contributed by atoms with Crippen molar-refractivity contribution >= 4 is 35.8 Å². The second-order valence-corrected chi connectivity index (χ2v) is 11.3. The Kier molecular flexibility index (Phi) is 7.16. The van der Waals surface area contributed by atoms with Crippen LogP contribution in [0.5, 0.6) is 0 Å². The van der Waals surface area contributed by atoms with E-state index in [0.717, 1.165) is 67.5 Å². The summed E-state index contributed by atoms with van der Waals surface area (Å²) in [5.74, 6) is -0.229. The summed E-state index contributed by atoms with van der Waals surface area (Å²) in [6.07, 6.45) is 1.41. The number of para-hydroxylation sites is 2. The van der Waals surface area contributed by atoms with E-state index in [1.165, 1.54) is 3.95 Å². The van der Waals surface area contributed by atoms with Crippen molar-refractivity contribution in [3.05, 3.63) is 126 Å². The van der Waals surface area contributed by atoms with Crippen LogP contribution in [-0.2, 0) is 22.0 Å². The minimum atomic E-state index is -0.631. The van der Waals surface area contributed by atoms with E-state index in [1.54, 1.807) is 4.68 Å². The van der Waals surface area contributed by atoms with Gasteiger partial charge in [-0.2, -0.15) is 0 Å². The molecule has 7 rings (SSSR count). The molecular weight excluding hydrogens is 565 g/mol. The van der Waals surface area contributed by atoms with Gasteiger partial charge in [0, 0.05) is 12.0 Å². The topological polar surface area (TPSA) is 67.0 Å². The third-order valence-corrected chi connectivity index (χ3v) is 8.65. The van der Waals surface area contributed by atoms with Gasteiger partial charge in [-0.15, -0.1) is 0 Å². The van der Waals surface area contributed by atoms with E-state index in [1.807, 2.05) is 79.7 Å². The highest BCUT2D eigenvalue weighted by Crippen LogP contribution is 2.52. The smallest absolute Gasteiger partial charge is 0.277 e. The summed E-state index contributed by atoms with van der Waals surface area (Å²) >= 11 is 5.65. The molecule has 0 bridgehead atoms. The number of rotatable bonds is 8. The molecule has 0 radical (unpaired) electrons. The molecular formula is C37H29N4O2S+. The van der Waals surface area contributed by atoms with Gasteiger partial charge in [-0.05, 0) is 56.6 Å². The summed E-state index contributed by atoms with van der Waals surface area (Å²) in [5, 5.41) is 0. The Morgan fingerprint density at radius 1 is 0.818 bits per heavy atom. The van der Waals surface area contributed by atoms with E-state index in [0.29, 0.717) is 18.8 Å². The first-order valence-electron chi connectivity index (χ1n) is 14.7. The van der Waals surface area contributed by atoms with Crippen molar-refractivity contribution < 1.29 is 13.5 Å². The molecule has 1 heterocycles. The maximum absolute atomic E-state index is 14.3. The van der Waals surface area contributed by atoms with Gasteiger partial charge >= 0.3 is 5.91 Å². The van der Waals surface area contributed by atoms with Crippen LogP contribution >= 0.6 is 0 Å². The van der Waals surface area contributed by atoms with Crippen LogP contribution < -0.4 is 5.43 Å². The van der Waals surface area contributed by atoms with Gasteiger partial charge in [0.25, 0.3) is 12.4 Å². The molecule has 7 heteroatoms. The molecule has 214 valence electrons. The maximum Gasteiger partial charge on any atom is 0.412 e. The Bertz CT molecular complexity index is 2080. The number of nitrogens with zero attached hydrogens (tertiary/aromatic N) is 3. The molecule has 0 spiro atoms. The van der Waals surface area contributed by atoms with Crippen LogP contribution in [-0.4, -0.2) is 32.5 Å². The lowest BCUT2D eigenvalue weighted by atomic mass is 9.84. The molecule has 44 heavy (non-hydrogen) atoms. The summed E-state index contributed by atoms with van der Waals surface area (Å²) in [4.78, 5) is 31.4. The van der Waals surface area contributed by atoms with Crippen LogP contribution in [0.3, 0.4) is 0 Å². The molecule has 1 atom stereocenters. The molecule has 1 aliphatic carbocycles. The zero-order valence-corrected chi connectivity index (χ0v) is 24.9. The summed E-state index contributed by atoms with van der Waals surface area (Å²) in [6, 6.07) is 38.5. The third-order valence-electron chi connectivity index (χ3n) is 8.28. The van der Waals surface area contributed by atoms with Gasteiger partial charge in [0.2, 0.25) is 6.41 Å². The fraction of sp³-hybridized carbons (Fsp3) is 0.108. The van der Waals surface area contributed by atoms with Gasteiger partial charge in [-0.1, -0.05) is 114 Å². The summed E-state index contributed by atoms with van der Waals surface area (Å²) in [7, 11) is 0. The number of aromatic nitrogens is 2. The van der Waals surface area contributed by atoms with E-state index in [-0.39, 0.29) is 5.91 Å². The van der Waals surface area contributed by atoms with E-state index in [4.69, 9.17) is 17.4 Å². The molecule has 0 saturated heterocycles. The van der Waals surface area contributed by atoms with Crippen LogP contribution in [0.2, 0.25) is 0 Å². The van der Waals surface area contributed by atoms with Gasteiger partial charge in [0.1, 0.15) is 5.92 Å². The maximum atomic E-state index is 14.3. The fourth-order valence-corrected chi connectivity index (χ4v) is 6.74. The van der Waals surface area contributed by atoms with Crippen molar-refractivity contribution in [2.75, 3.05) is 12.0 Å². The highest BCUT2D eigenvalue weighted by molar-refractivity contribution is 7.44. The van der Waals surface area contributed by atoms with E-state index in [9.17, 15) is 9.59 Å². The standard InChI is InChI=1S/C37H28N4O2S/c1-2-22-40(44)37(43)35-28-17-9-8-16-27(28)29-20-21-30(26-15-7-6-14-25(26)24-12-4-3-5-13-24)34(33(29)35)36-39-31-18-10-11-19-32(31)41(36)38-23-42/h3-21,23,35H,2,22H2,1H3/p+1. The highest BCUT2D eigenvalue weighted by atomic mass is 32.1. The minimum Gasteiger partial charge on any atom is -0.277 e. The number of fused-ring (bicyclic) bond motifs is 4. The Balaban J connectivity index is 1.61. The molecule has 6 nitrogen and oxygen atoms in total. The van der Waals surface area contributed by atoms with Gasteiger partial charge in [-0.25, -0.2) is 14.5 Å². The Hall–Kier alpha value is -5.27. The van der Waals surface area contributed by atoms with Crippen molar-refractivity contribution in [2.24, 2.45) is 0 Å². The number of imidazole rings is 1. The van der Waals surface area contributed by atoms with Crippen molar-refractivity contribution in [1.29, 1.82) is 0 Å². The number of carbonyl (C=O) groups is 2. The summed E-state index contributed by atoms with van der Waals surface area (Å²) < 4.78 is 3.13. The second kappa shape index (κ2) is 11.4. The molecule has 1 unspecified atom stereocenters. The highest BCUT2D eigenvalue weighted by Gasteiger charge is 2.43. The Morgan fingerprint density at radius 2 is 1.48 bits per heavy atom. The van der Waals surface area contributed by atoms with E-state index < -0.39 is 5.92 Å². The zero-order valence-electron chi connectivity index (χ0n) is 24.1. The molecule has 6 aromatic rings. The van der Waals surface area contributed by atoms with Gasteiger partial charge in [-0.3, -0.25) is 10.2 Å². The molecule has 1 aromatic heterocycles. The summed E-state index contributed by atoms with van der Waals surface area (Å²) in [6.45, 7) is 2.49. The van der Waals surface area contributed by atoms with Crippen molar-refractivity contribution in [2.45, 2.75) is 19.3 Å². The SMILES string of the molecule is CCC[N+](=S)C(=O)C1c2ccccc2-c2ccc(-c3ccccc3-c3ccccc3)c(-c3nc4ccccc4n3NC=O)c21. The average molecular weight is 594 g/mol. The van der Waals surface area contributed by atoms with Gasteiger partial charge in [0.15, 0.2) is 12.4 Å². The number of hydrogen-bond donors (Lipinski definition) is 1. The van der Waals surface area contributed by atoms with Crippen molar-refractivity contribution in [3.8, 4) is 44.8 Å². The number of amides is 2. The number of benzene rings is 5. The first-order valence-corrected chi connectivity index (χ1v) is 15.1.